The summed E-state index contributed by atoms with van der Waals surface area (Å²) in [5.74, 6) is -0.672. The van der Waals surface area contributed by atoms with E-state index in [9.17, 15) is 23.6 Å². The number of hydrogen-bond donors (Lipinski definition) is 2. The number of aromatic nitrogens is 3. The van der Waals surface area contributed by atoms with Crippen LogP contribution in [0.15, 0.2) is 61.3 Å². The minimum absolute atomic E-state index is 0.0800. The number of carbonyl (C=O) groups is 1. The monoisotopic (exact) mass is 583 g/mol. The number of benzene rings is 1. The number of pyridine rings is 1. The molecule has 3 aromatic rings. The molecule has 2 aliphatic carbocycles. The van der Waals surface area contributed by atoms with Crippen molar-refractivity contribution in [1.29, 1.82) is 0 Å². The molecule has 198 valence electrons. The molecule has 0 saturated heterocycles. The Morgan fingerprint density at radius 1 is 1.16 bits per heavy atom. The number of hydrogen-bond acceptors (Lipinski definition) is 5. The van der Waals surface area contributed by atoms with Crippen molar-refractivity contribution in [2.75, 3.05) is 5.32 Å². The summed E-state index contributed by atoms with van der Waals surface area (Å²) in [6.45, 7) is 1.92. The third kappa shape index (κ3) is 4.78. The van der Waals surface area contributed by atoms with Gasteiger partial charge in [0, 0.05) is 42.2 Å². The maximum Gasteiger partial charge on any atom is 0.337 e. The van der Waals surface area contributed by atoms with Gasteiger partial charge in [-0.05, 0) is 43.5 Å². The number of anilines is 2. The highest BCUT2D eigenvalue weighted by atomic mass is 79.9. The van der Waals surface area contributed by atoms with Gasteiger partial charge in [-0.1, -0.05) is 35.0 Å². The van der Waals surface area contributed by atoms with E-state index < -0.39 is 22.6 Å². The van der Waals surface area contributed by atoms with E-state index in [1.54, 1.807) is 18.2 Å². The van der Waals surface area contributed by atoms with Crippen LogP contribution in [0.25, 0.3) is 16.7 Å². The lowest BCUT2D eigenvalue weighted by atomic mass is 10.0. The Morgan fingerprint density at radius 3 is 2.61 bits per heavy atom. The highest BCUT2D eigenvalue weighted by molar-refractivity contribution is 9.10. The summed E-state index contributed by atoms with van der Waals surface area (Å²) in [5, 5.41) is 5.96. The van der Waals surface area contributed by atoms with E-state index in [1.165, 1.54) is 38.9 Å². The van der Waals surface area contributed by atoms with Crippen molar-refractivity contribution in [3.8, 4) is 0 Å². The largest absolute Gasteiger partial charge is 0.352 e. The van der Waals surface area contributed by atoms with Crippen molar-refractivity contribution < 1.29 is 9.18 Å². The van der Waals surface area contributed by atoms with Gasteiger partial charge in [0.05, 0.1) is 17.4 Å². The Bertz CT molecular complexity index is 1700. The maximum absolute atomic E-state index is 14.7. The van der Waals surface area contributed by atoms with Crippen molar-refractivity contribution in [2.24, 2.45) is 7.05 Å². The molecule has 11 heteroatoms. The van der Waals surface area contributed by atoms with E-state index in [4.69, 9.17) is 0 Å². The molecule has 9 nitrogen and oxygen atoms in total. The van der Waals surface area contributed by atoms with Gasteiger partial charge >= 0.3 is 5.69 Å². The molecule has 38 heavy (non-hydrogen) atoms. The number of fused-ring (bicyclic) bond motifs is 1. The Labute approximate surface area is 225 Å². The van der Waals surface area contributed by atoms with E-state index in [-0.39, 0.29) is 46.8 Å². The van der Waals surface area contributed by atoms with Crippen molar-refractivity contribution in [3.63, 3.8) is 0 Å². The van der Waals surface area contributed by atoms with Crippen LogP contribution in [-0.4, -0.2) is 25.7 Å². The third-order valence-corrected chi connectivity index (χ3v) is 7.23. The molecule has 0 spiro atoms. The molecular formula is C27H27BrFN5O4. The first-order chi connectivity index (χ1) is 18.2. The van der Waals surface area contributed by atoms with E-state index in [1.807, 2.05) is 13.0 Å². The van der Waals surface area contributed by atoms with Gasteiger partial charge in [0.2, 0.25) is 5.91 Å². The molecule has 1 atom stereocenters. The average Bonchev–Trinajstić information content (AvgIpc) is 3.69. The number of amides is 1. The number of allylic oxidation sites excluding steroid dienone is 2. The quantitative estimate of drug-likeness (QED) is 0.438. The molecule has 0 radical (unpaired) electrons. The molecule has 2 N–H and O–H groups in total. The summed E-state index contributed by atoms with van der Waals surface area (Å²) in [5.41, 5.74) is -0.751. The number of rotatable bonds is 7. The first-order valence-electron chi connectivity index (χ1n) is 12.5. The van der Waals surface area contributed by atoms with Crippen molar-refractivity contribution >= 4 is 49.9 Å². The van der Waals surface area contributed by atoms with Crippen molar-refractivity contribution in [2.45, 2.75) is 51.1 Å². The lowest BCUT2D eigenvalue weighted by molar-refractivity contribution is -0.121. The molecule has 2 heterocycles. The minimum atomic E-state index is -0.574. The zero-order chi connectivity index (χ0) is 27.1. The first-order valence-corrected chi connectivity index (χ1v) is 13.3. The fourth-order valence-corrected chi connectivity index (χ4v) is 5.08. The second-order valence-electron chi connectivity index (χ2n) is 9.60. The van der Waals surface area contributed by atoms with Gasteiger partial charge in [-0.25, -0.2) is 9.18 Å². The van der Waals surface area contributed by atoms with Crippen LogP contribution < -0.4 is 27.4 Å². The average molecular weight is 584 g/mol. The second kappa shape index (κ2) is 10.2. The summed E-state index contributed by atoms with van der Waals surface area (Å²) < 4.78 is 19.1. The fraction of sp³-hybridized carbons (Fsp3) is 0.333. The van der Waals surface area contributed by atoms with Gasteiger partial charge < -0.3 is 10.6 Å². The SMILES string of the molecule is CCCC(=O)NC1C=CC=C(n2c(=O)n(C3CC3)c(=O)c3c(Nc4ccc(Br)cc4F)cc(=O)n(C)c32)C1. The number of halogens is 2. The van der Waals surface area contributed by atoms with Gasteiger partial charge in [-0.2, -0.15) is 0 Å². The molecule has 1 fully saturated rings. The zero-order valence-corrected chi connectivity index (χ0v) is 22.5. The van der Waals surface area contributed by atoms with Crippen LogP contribution in [-0.2, 0) is 11.8 Å². The van der Waals surface area contributed by atoms with Gasteiger partial charge in [0.15, 0.2) is 0 Å². The highest BCUT2D eigenvalue weighted by Gasteiger charge is 2.32. The topological polar surface area (TPSA) is 107 Å². The van der Waals surface area contributed by atoms with Crippen molar-refractivity contribution in [3.05, 3.63) is 84.0 Å². The summed E-state index contributed by atoms with van der Waals surface area (Å²) in [4.78, 5) is 52.9. The van der Waals surface area contributed by atoms with Gasteiger partial charge in [0.25, 0.3) is 11.1 Å². The number of aryl methyl sites for hydroxylation is 1. The molecule has 1 unspecified atom stereocenters. The maximum atomic E-state index is 14.7. The van der Waals surface area contributed by atoms with Crippen LogP contribution >= 0.6 is 15.9 Å². The summed E-state index contributed by atoms with van der Waals surface area (Å²) in [7, 11) is 1.49. The second-order valence-corrected chi connectivity index (χ2v) is 10.5. The lowest BCUT2D eigenvalue weighted by Gasteiger charge is -2.24. The van der Waals surface area contributed by atoms with Crippen LogP contribution in [0.1, 0.15) is 45.1 Å². The van der Waals surface area contributed by atoms with E-state index in [0.717, 1.165) is 0 Å². The van der Waals surface area contributed by atoms with Crippen molar-refractivity contribution in [1.82, 2.24) is 19.0 Å². The Hall–Kier alpha value is -3.73. The summed E-state index contributed by atoms with van der Waals surface area (Å²) in [6, 6.07) is 5.04. The molecule has 1 aromatic carbocycles. The summed E-state index contributed by atoms with van der Waals surface area (Å²) in [6.07, 6.45) is 8.08. The molecule has 1 saturated carbocycles. The standard InChI is InChI=1S/C27H27BrFN5O4/c1-3-5-22(35)30-16-6-4-7-18(13-16)33-25-24(26(37)34(27(33)38)17-9-10-17)21(14-23(36)32(25)2)31-20-11-8-15(28)12-19(20)29/h4,6-8,11-12,14,16-17,31H,3,5,9-10,13H2,1-2H3,(H,30,35). The van der Waals surface area contributed by atoms with Crippen LogP contribution in [0, 0.1) is 5.82 Å². The van der Waals surface area contributed by atoms with Crippen LogP contribution in [0.3, 0.4) is 0 Å². The molecule has 2 aliphatic rings. The van der Waals surface area contributed by atoms with Gasteiger partial charge in [0.1, 0.15) is 16.9 Å². The molecule has 0 aliphatic heterocycles. The lowest BCUT2D eigenvalue weighted by Crippen LogP contribution is -2.43. The van der Waals surface area contributed by atoms with Crippen LogP contribution in [0.5, 0.6) is 0 Å². The van der Waals surface area contributed by atoms with Gasteiger partial charge in [-0.15, -0.1) is 0 Å². The smallest absolute Gasteiger partial charge is 0.337 e. The van der Waals surface area contributed by atoms with Crippen LogP contribution in [0.4, 0.5) is 15.8 Å². The minimum Gasteiger partial charge on any atom is -0.352 e. The Morgan fingerprint density at radius 2 is 1.92 bits per heavy atom. The zero-order valence-electron chi connectivity index (χ0n) is 21.0. The van der Waals surface area contributed by atoms with E-state index in [0.29, 0.717) is 35.9 Å². The Kier molecular flexibility index (Phi) is 6.95. The number of nitrogens with one attached hydrogen (secondary N) is 2. The molecule has 5 rings (SSSR count). The molecular weight excluding hydrogens is 557 g/mol. The third-order valence-electron chi connectivity index (χ3n) is 6.74. The number of nitrogens with zero attached hydrogens (tertiary/aromatic N) is 3. The predicted molar refractivity (Wildman–Crippen MR) is 148 cm³/mol. The van der Waals surface area contributed by atoms with Gasteiger partial charge in [-0.3, -0.25) is 28.1 Å². The number of carbonyl (C=O) groups excluding carboxylic acids is 1. The Balaban J connectivity index is 1.73. The summed E-state index contributed by atoms with van der Waals surface area (Å²) >= 11 is 3.23. The van der Waals surface area contributed by atoms with Crippen LogP contribution in [0.2, 0.25) is 0 Å². The van der Waals surface area contributed by atoms with E-state index >= 15 is 0 Å². The molecule has 1 amide bonds. The molecule has 2 aromatic heterocycles. The highest BCUT2D eigenvalue weighted by Crippen LogP contribution is 2.34. The normalized spacial score (nSPS) is 16.9. The fourth-order valence-electron chi connectivity index (χ4n) is 4.74. The predicted octanol–water partition coefficient (Wildman–Crippen LogP) is 3.93. The van der Waals surface area contributed by atoms with E-state index in [2.05, 4.69) is 26.6 Å². The first kappa shape index (κ1) is 25.9. The molecule has 0 bridgehead atoms.